The largest absolute Gasteiger partial charge is 0.466 e. The Balaban J connectivity index is 1.58. The van der Waals surface area contributed by atoms with Crippen molar-refractivity contribution in [3.63, 3.8) is 0 Å². The molecule has 2 aromatic rings. The zero-order valence-electron chi connectivity index (χ0n) is 14.4. The van der Waals surface area contributed by atoms with E-state index in [0.29, 0.717) is 13.2 Å². The number of carbonyl (C=O) groups is 2. The van der Waals surface area contributed by atoms with Crippen LogP contribution in [0.2, 0.25) is 0 Å². The van der Waals surface area contributed by atoms with E-state index in [2.05, 4.69) is 0 Å². The highest BCUT2D eigenvalue weighted by atomic mass is 16.6. The fourth-order valence-electron chi connectivity index (χ4n) is 4.65. The summed E-state index contributed by atoms with van der Waals surface area (Å²) in [7, 11) is 0. The second kappa shape index (κ2) is 5.42. The first kappa shape index (κ1) is 15.6. The third-order valence-corrected chi connectivity index (χ3v) is 5.72. The maximum atomic E-state index is 13.3. The lowest BCUT2D eigenvalue weighted by Gasteiger charge is -2.22. The molecule has 0 radical (unpaired) electrons. The van der Waals surface area contributed by atoms with E-state index in [-0.39, 0.29) is 18.0 Å². The molecule has 4 atom stereocenters. The van der Waals surface area contributed by atoms with Crippen molar-refractivity contribution in [2.24, 2.45) is 11.8 Å². The normalized spacial score (nSPS) is 31.7. The second-order valence-electron chi connectivity index (χ2n) is 7.07. The van der Waals surface area contributed by atoms with Crippen LogP contribution in [0.1, 0.15) is 6.92 Å². The molecule has 0 aromatic heterocycles. The van der Waals surface area contributed by atoms with E-state index in [0.717, 1.165) is 16.5 Å². The molecule has 1 spiro atoms. The van der Waals surface area contributed by atoms with Gasteiger partial charge in [-0.15, -0.1) is 0 Å². The minimum atomic E-state index is -0.726. The minimum Gasteiger partial charge on any atom is -0.466 e. The first-order valence-corrected chi connectivity index (χ1v) is 8.97. The van der Waals surface area contributed by atoms with Gasteiger partial charge in [0.15, 0.2) is 0 Å². The number of hydrogen-bond donors (Lipinski definition) is 0. The molecule has 132 valence electrons. The molecular weight excluding hydrogens is 330 g/mol. The lowest BCUT2D eigenvalue weighted by atomic mass is 9.77. The van der Waals surface area contributed by atoms with Gasteiger partial charge in [-0.05, 0) is 18.4 Å². The van der Waals surface area contributed by atoms with Crippen molar-refractivity contribution in [2.75, 3.05) is 18.1 Å². The van der Waals surface area contributed by atoms with Crippen LogP contribution >= 0.6 is 0 Å². The summed E-state index contributed by atoms with van der Waals surface area (Å²) in [6, 6.07) is 13.9. The zero-order valence-corrected chi connectivity index (χ0v) is 14.4. The van der Waals surface area contributed by atoms with E-state index in [4.69, 9.17) is 9.47 Å². The molecule has 0 unspecified atom stereocenters. The molecule has 0 saturated carbocycles. The van der Waals surface area contributed by atoms with Gasteiger partial charge in [-0.3, -0.25) is 9.59 Å². The smallest absolute Gasteiger partial charge is 0.312 e. The van der Waals surface area contributed by atoms with Crippen molar-refractivity contribution >= 4 is 28.3 Å². The molecule has 0 aliphatic carbocycles. The summed E-state index contributed by atoms with van der Waals surface area (Å²) in [6.07, 6.45) is 3.50. The number of benzene rings is 2. The lowest BCUT2D eigenvalue weighted by molar-refractivity contribution is -0.151. The summed E-state index contributed by atoms with van der Waals surface area (Å²) in [5.41, 5.74) is 0.135. The number of esters is 1. The molecule has 2 aromatic carbocycles. The highest BCUT2D eigenvalue weighted by Gasteiger charge is 2.67. The Labute approximate surface area is 151 Å². The maximum Gasteiger partial charge on any atom is 0.312 e. The molecule has 3 aliphatic rings. The summed E-state index contributed by atoms with van der Waals surface area (Å²) in [5, 5.41) is 2.10. The van der Waals surface area contributed by atoms with E-state index in [9.17, 15) is 9.59 Å². The molecule has 2 saturated heterocycles. The van der Waals surface area contributed by atoms with Crippen LogP contribution in [0, 0.1) is 11.8 Å². The predicted octanol–water partition coefficient (Wildman–Crippen LogP) is 2.69. The molecule has 5 rings (SSSR count). The fourth-order valence-corrected chi connectivity index (χ4v) is 4.65. The average molecular weight is 349 g/mol. The van der Waals surface area contributed by atoms with Gasteiger partial charge in [0, 0.05) is 5.39 Å². The summed E-state index contributed by atoms with van der Waals surface area (Å²) < 4.78 is 11.3. The monoisotopic (exact) mass is 349 g/mol. The van der Waals surface area contributed by atoms with E-state index in [1.165, 1.54) is 0 Å². The van der Waals surface area contributed by atoms with Gasteiger partial charge in [0.2, 0.25) is 5.91 Å². The molecular formula is C21H19NO4. The third-order valence-electron chi connectivity index (χ3n) is 5.72. The Morgan fingerprint density at radius 1 is 1.27 bits per heavy atom. The third kappa shape index (κ3) is 1.95. The highest BCUT2D eigenvalue weighted by molar-refractivity contribution is 6.08. The van der Waals surface area contributed by atoms with Gasteiger partial charge in [0.25, 0.3) is 0 Å². The molecule has 2 bridgehead atoms. The number of fused-ring (bicyclic) bond motifs is 2. The van der Waals surface area contributed by atoms with Gasteiger partial charge in [-0.1, -0.05) is 48.6 Å². The standard InChI is InChI=1S/C21H19NO4/c1-2-25-20(24)17-16-10-11-21(26-16)12-22(19(23)18(17)21)15-9-5-7-13-6-3-4-8-14(13)15/h3-11,16-18H,2,12H2,1H3/t16-,17+,18+,21+/m1/s1. The van der Waals surface area contributed by atoms with Crippen LogP contribution in [0.3, 0.4) is 0 Å². The van der Waals surface area contributed by atoms with Crippen molar-refractivity contribution in [1.29, 1.82) is 0 Å². The van der Waals surface area contributed by atoms with E-state index in [1.807, 2.05) is 54.6 Å². The van der Waals surface area contributed by atoms with Crippen molar-refractivity contribution in [3.05, 3.63) is 54.6 Å². The SMILES string of the molecule is CCOC(=O)[C@@H]1[C@H]2C(=O)N(c3cccc4ccccc34)C[C@@]23C=C[C@H]1O3. The van der Waals surface area contributed by atoms with E-state index in [1.54, 1.807) is 11.8 Å². The molecule has 26 heavy (non-hydrogen) atoms. The van der Waals surface area contributed by atoms with Crippen molar-refractivity contribution < 1.29 is 19.1 Å². The van der Waals surface area contributed by atoms with Crippen LogP contribution in [0.4, 0.5) is 5.69 Å². The first-order valence-electron chi connectivity index (χ1n) is 8.97. The average Bonchev–Trinajstić information content (AvgIpc) is 3.30. The Kier molecular flexibility index (Phi) is 3.25. The maximum absolute atomic E-state index is 13.3. The Morgan fingerprint density at radius 2 is 2.08 bits per heavy atom. The Hall–Kier alpha value is -2.66. The van der Waals surface area contributed by atoms with Crippen molar-refractivity contribution in [3.8, 4) is 0 Å². The number of carbonyl (C=O) groups excluding carboxylic acids is 2. The first-order chi connectivity index (χ1) is 12.6. The van der Waals surface area contributed by atoms with Gasteiger partial charge < -0.3 is 14.4 Å². The number of nitrogens with zero attached hydrogens (tertiary/aromatic N) is 1. The number of anilines is 1. The second-order valence-corrected chi connectivity index (χ2v) is 7.07. The molecule has 5 nitrogen and oxygen atoms in total. The summed E-state index contributed by atoms with van der Waals surface area (Å²) in [4.78, 5) is 27.6. The van der Waals surface area contributed by atoms with Crippen LogP contribution in [-0.4, -0.2) is 36.7 Å². The van der Waals surface area contributed by atoms with Crippen LogP contribution in [0.5, 0.6) is 0 Å². The van der Waals surface area contributed by atoms with Gasteiger partial charge in [0.1, 0.15) is 11.5 Å². The summed E-state index contributed by atoms with van der Waals surface area (Å²) >= 11 is 0. The molecule has 1 amide bonds. The van der Waals surface area contributed by atoms with Crippen molar-refractivity contribution in [2.45, 2.75) is 18.6 Å². The number of hydrogen-bond acceptors (Lipinski definition) is 4. The molecule has 3 heterocycles. The Morgan fingerprint density at radius 3 is 2.92 bits per heavy atom. The van der Waals surface area contributed by atoms with Gasteiger partial charge >= 0.3 is 5.97 Å². The predicted molar refractivity (Wildman–Crippen MR) is 96.7 cm³/mol. The summed E-state index contributed by atoms with van der Waals surface area (Å²) in [6.45, 7) is 2.50. The van der Waals surface area contributed by atoms with Gasteiger partial charge in [-0.25, -0.2) is 0 Å². The quantitative estimate of drug-likeness (QED) is 0.631. The van der Waals surface area contributed by atoms with Crippen LogP contribution in [-0.2, 0) is 19.1 Å². The zero-order chi connectivity index (χ0) is 17.9. The fraction of sp³-hybridized carbons (Fsp3) is 0.333. The van der Waals surface area contributed by atoms with Gasteiger partial charge in [-0.2, -0.15) is 0 Å². The van der Waals surface area contributed by atoms with Crippen LogP contribution < -0.4 is 4.90 Å². The van der Waals surface area contributed by atoms with Crippen LogP contribution in [0.25, 0.3) is 10.8 Å². The Bertz CT molecular complexity index is 947. The molecule has 0 N–H and O–H groups in total. The molecule has 2 fully saturated rings. The molecule has 5 heteroatoms. The topological polar surface area (TPSA) is 55.8 Å². The number of ether oxygens (including phenoxy) is 2. The highest BCUT2D eigenvalue weighted by Crippen LogP contribution is 2.53. The van der Waals surface area contributed by atoms with Crippen molar-refractivity contribution in [1.82, 2.24) is 0 Å². The number of rotatable bonds is 3. The number of amides is 1. The molecule has 3 aliphatic heterocycles. The summed E-state index contributed by atoms with van der Waals surface area (Å²) in [5.74, 6) is -1.49. The van der Waals surface area contributed by atoms with Crippen LogP contribution in [0.15, 0.2) is 54.6 Å². The lowest BCUT2D eigenvalue weighted by Crippen LogP contribution is -2.40. The minimum absolute atomic E-state index is 0.0637. The van der Waals surface area contributed by atoms with E-state index >= 15 is 0 Å². The van der Waals surface area contributed by atoms with Gasteiger partial charge in [0.05, 0.1) is 30.9 Å². The van der Waals surface area contributed by atoms with E-state index < -0.39 is 17.4 Å².